The zero-order valence-electron chi connectivity index (χ0n) is 14.0. The topological polar surface area (TPSA) is 110 Å². The van der Waals surface area contributed by atoms with Gasteiger partial charge in [-0.15, -0.1) is 10.2 Å². The molecule has 134 valence electrons. The summed E-state index contributed by atoms with van der Waals surface area (Å²) in [5.74, 6) is 1.76. The van der Waals surface area contributed by atoms with E-state index >= 15 is 0 Å². The molecule has 0 bridgehead atoms. The summed E-state index contributed by atoms with van der Waals surface area (Å²) in [4.78, 5) is 12.1. The van der Waals surface area contributed by atoms with Crippen LogP contribution in [0.15, 0.2) is 27.8 Å². The molecule has 2 heterocycles. The molecule has 1 saturated carbocycles. The highest BCUT2D eigenvalue weighted by atomic mass is 32.2. The maximum atomic E-state index is 12.1. The van der Waals surface area contributed by atoms with Crippen molar-refractivity contribution in [1.82, 2.24) is 15.5 Å². The normalized spacial score (nSPS) is 17.4. The lowest BCUT2D eigenvalue weighted by Gasteiger charge is -2.22. The molecule has 2 aromatic rings. The van der Waals surface area contributed by atoms with E-state index in [1.165, 1.54) is 0 Å². The molecular formula is C17H16N4O4S. The van der Waals surface area contributed by atoms with Crippen molar-refractivity contribution in [1.29, 1.82) is 5.26 Å². The number of thioether (sulfide) groups is 1. The number of carbonyl (C=O) groups is 1. The Morgan fingerprint density at radius 2 is 2.19 bits per heavy atom. The van der Waals surface area contributed by atoms with Crippen LogP contribution in [0, 0.1) is 17.2 Å². The number of rotatable bonds is 6. The maximum Gasteiger partial charge on any atom is 0.277 e. The first-order valence-electron chi connectivity index (χ1n) is 8.16. The third kappa shape index (κ3) is 3.32. The number of nitrogens with one attached hydrogen (secondary N) is 1. The Morgan fingerprint density at radius 3 is 2.96 bits per heavy atom. The molecule has 1 aromatic heterocycles. The quantitative estimate of drug-likeness (QED) is 0.770. The second-order valence-corrected chi connectivity index (χ2v) is 7.29. The summed E-state index contributed by atoms with van der Waals surface area (Å²) in [6, 6.07) is 7.55. The zero-order valence-corrected chi connectivity index (χ0v) is 14.8. The average Bonchev–Trinajstić information content (AvgIpc) is 3.23. The second-order valence-electron chi connectivity index (χ2n) is 6.37. The van der Waals surface area contributed by atoms with Crippen LogP contribution in [0.5, 0.6) is 11.5 Å². The van der Waals surface area contributed by atoms with Crippen molar-refractivity contribution in [2.24, 2.45) is 5.92 Å². The Labute approximate surface area is 153 Å². The van der Waals surface area contributed by atoms with Crippen LogP contribution in [0.4, 0.5) is 0 Å². The molecule has 2 aliphatic rings. The summed E-state index contributed by atoms with van der Waals surface area (Å²) in [7, 11) is 0. The number of ether oxygens (including phenoxy) is 2. The molecule has 1 aliphatic carbocycles. The maximum absolute atomic E-state index is 12.1. The first kappa shape index (κ1) is 16.7. The molecule has 1 aromatic carbocycles. The first-order valence-corrected chi connectivity index (χ1v) is 9.14. The third-order valence-electron chi connectivity index (χ3n) is 4.38. The van der Waals surface area contributed by atoms with Gasteiger partial charge in [0.25, 0.3) is 5.22 Å². The molecule has 1 N–H and O–H groups in total. The van der Waals surface area contributed by atoms with E-state index in [2.05, 4.69) is 21.6 Å². The number of fused-ring (bicyclic) bond motifs is 1. The predicted molar refractivity (Wildman–Crippen MR) is 91.5 cm³/mol. The number of nitriles is 1. The highest BCUT2D eigenvalue weighted by Gasteiger charge is 2.42. The highest BCUT2D eigenvalue weighted by molar-refractivity contribution is 7.99. The third-order valence-corrected chi connectivity index (χ3v) is 5.20. The van der Waals surface area contributed by atoms with Gasteiger partial charge in [0, 0.05) is 5.56 Å². The van der Waals surface area contributed by atoms with E-state index in [9.17, 15) is 10.1 Å². The van der Waals surface area contributed by atoms with Crippen molar-refractivity contribution >= 4 is 17.7 Å². The molecule has 1 amide bonds. The molecule has 8 nitrogen and oxygen atoms in total. The van der Waals surface area contributed by atoms with Crippen molar-refractivity contribution in [3.63, 3.8) is 0 Å². The number of benzene rings is 1. The minimum atomic E-state index is -0.801. The molecule has 1 fully saturated rings. The van der Waals surface area contributed by atoms with Crippen LogP contribution < -0.4 is 14.8 Å². The monoisotopic (exact) mass is 372 g/mol. The van der Waals surface area contributed by atoms with Crippen LogP contribution in [0.2, 0.25) is 0 Å². The van der Waals surface area contributed by atoms with Gasteiger partial charge in [0.1, 0.15) is 5.54 Å². The lowest BCUT2D eigenvalue weighted by atomic mass is 9.98. The first-order chi connectivity index (χ1) is 12.6. The molecule has 1 unspecified atom stereocenters. The standard InChI is InChI=1S/C17H16N4O4S/c1-17(8-18,11-3-4-11)19-14(22)7-26-16-21-20-15(25-16)10-2-5-12-13(6-10)24-9-23-12/h2,5-6,11H,3-4,7,9H2,1H3,(H,19,22). The van der Waals surface area contributed by atoms with Crippen molar-refractivity contribution in [3.8, 4) is 29.0 Å². The minimum Gasteiger partial charge on any atom is -0.454 e. The number of amides is 1. The van der Waals surface area contributed by atoms with Gasteiger partial charge in [0.15, 0.2) is 11.5 Å². The Morgan fingerprint density at radius 1 is 1.38 bits per heavy atom. The van der Waals surface area contributed by atoms with Gasteiger partial charge in [-0.25, -0.2) is 0 Å². The van der Waals surface area contributed by atoms with Gasteiger partial charge < -0.3 is 19.2 Å². The Balaban J connectivity index is 1.36. The molecule has 4 rings (SSSR count). The number of hydrogen-bond acceptors (Lipinski definition) is 8. The van der Waals surface area contributed by atoms with Crippen molar-refractivity contribution in [2.75, 3.05) is 12.5 Å². The molecule has 0 saturated heterocycles. The number of hydrogen-bond donors (Lipinski definition) is 1. The van der Waals surface area contributed by atoms with E-state index in [1.54, 1.807) is 25.1 Å². The Bertz CT molecular complexity index is 889. The van der Waals surface area contributed by atoms with Crippen LogP contribution >= 0.6 is 11.8 Å². The van der Waals surface area contributed by atoms with Crippen molar-refractivity contribution in [2.45, 2.75) is 30.5 Å². The predicted octanol–water partition coefficient (Wildman–Crippen LogP) is 2.37. The van der Waals surface area contributed by atoms with Gasteiger partial charge >= 0.3 is 0 Å². The van der Waals surface area contributed by atoms with E-state index in [0.717, 1.165) is 24.6 Å². The summed E-state index contributed by atoms with van der Waals surface area (Å²) in [6.45, 7) is 1.96. The van der Waals surface area contributed by atoms with E-state index in [4.69, 9.17) is 13.9 Å². The SMILES string of the molecule is CC(C#N)(NC(=O)CSc1nnc(-c2ccc3c(c2)OCO3)o1)C1CC1. The molecule has 0 radical (unpaired) electrons. The fraction of sp³-hybridized carbons (Fsp3) is 0.412. The van der Waals surface area contributed by atoms with Crippen LogP contribution in [0.25, 0.3) is 11.5 Å². The van der Waals surface area contributed by atoms with E-state index in [1.807, 2.05) is 0 Å². The lowest BCUT2D eigenvalue weighted by Crippen LogP contribution is -2.47. The summed E-state index contributed by atoms with van der Waals surface area (Å²) in [5.41, 5.74) is -0.0896. The average molecular weight is 372 g/mol. The summed E-state index contributed by atoms with van der Waals surface area (Å²) < 4.78 is 16.2. The second kappa shape index (κ2) is 6.53. The van der Waals surface area contributed by atoms with Gasteiger partial charge in [-0.05, 0) is 43.9 Å². The van der Waals surface area contributed by atoms with Crippen molar-refractivity contribution in [3.05, 3.63) is 18.2 Å². The van der Waals surface area contributed by atoms with Crippen LogP contribution in [0.3, 0.4) is 0 Å². The summed E-state index contributed by atoms with van der Waals surface area (Å²) in [6.07, 6.45) is 1.94. The van der Waals surface area contributed by atoms with Gasteiger partial charge in [-0.1, -0.05) is 11.8 Å². The number of aromatic nitrogens is 2. The summed E-state index contributed by atoms with van der Waals surface area (Å²) >= 11 is 1.14. The smallest absolute Gasteiger partial charge is 0.277 e. The van der Waals surface area contributed by atoms with Gasteiger partial charge in [-0.3, -0.25) is 4.79 Å². The van der Waals surface area contributed by atoms with Gasteiger partial charge in [-0.2, -0.15) is 5.26 Å². The largest absolute Gasteiger partial charge is 0.454 e. The molecule has 1 aliphatic heterocycles. The molecule has 9 heteroatoms. The molecule has 0 spiro atoms. The Kier molecular flexibility index (Phi) is 4.20. The van der Waals surface area contributed by atoms with E-state index in [-0.39, 0.29) is 29.6 Å². The molecule has 1 atom stereocenters. The number of nitrogens with zero attached hydrogens (tertiary/aromatic N) is 3. The van der Waals surface area contributed by atoms with Gasteiger partial charge in [0.2, 0.25) is 18.6 Å². The van der Waals surface area contributed by atoms with Crippen LogP contribution in [0.1, 0.15) is 19.8 Å². The number of carbonyl (C=O) groups excluding carboxylic acids is 1. The van der Waals surface area contributed by atoms with E-state index in [0.29, 0.717) is 23.0 Å². The van der Waals surface area contributed by atoms with Gasteiger partial charge in [0.05, 0.1) is 11.8 Å². The zero-order chi connectivity index (χ0) is 18.1. The molecular weight excluding hydrogens is 356 g/mol. The summed E-state index contributed by atoms with van der Waals surface area (Å²) in [5, 5.41) is 20.3. The van der Waals surface area contributed by atoms with Crippen LogP contribution in [-0.2, 0) is 4.79 Å². The fourth-order valence-corrected chi connectivity index (χ4v) is 3.31. The van der Waals surface area contributed by atoms with E-state index < -0.39 is 5.54 Å². The Hall–Kier alpha value is -2.73. The fourth-order valence-electron chi connectivity index (χ4n) is 2.75. The lowest BCUT2D eigenvalue weighted by molar-refractivity contribution is -0.119. The van der Waals surface area contributed by atoms with Crippen LogP contribution in [-0.4, -0.2) is 34.2 Å². The molecule has 26 heavy (non-hydrogen) atoms. The van der Waals surface area contributed by atoms with Crippen molar-refractivity contribution < 1.29 is 18.7 Å². The minimum absolute atomic E-state index is 0.104. The highest BCUT2D eigenvalue weighted by Crippen LogP contribution is 2.39.